The van der Waals surface area contributed by atoms with E-state index in [-0.39, 0.29) is 71.2 Å². The Labute approximate surface area is 430 Å². The summed E-state index contributed by atoms with van der Waals surface area (Å²) in [6.07, 6.45) is 0.162. The number of aromatic carboxylic acids is 1. The minimum absolute atomic E-state index is 0.0111. The maximum Gasteiger partial charge on any atom is 0.417 e. The number of piperidine rings is 2. The fraction of sp³-hybridized carbons (Fsp3) is 0.340. The molecule has 0 bridgehead atoms. The highest BCUT2D eigenvalue weighted by molar-refractivity contribution is 7.22. The number of likely N-dealkylation sites (tertiary alicyclic amines) is 1. The predicted octanol–water partition coefficient (Wildman–Crippen LogP) is 7.96. The molecule has 4 amide bonds. The zero-order chi connectivity index (χ0) is 52.3. The lowest BCUT2D eigenvalue weighted by Crippen LogP contribution is -2.51. The van der Waals surface area contributed by atoms with Crippen molar-refractivity contribution in [2.45, 2.75) is 69.7 Å². The zero-order valence-electron chi connectivity index (χ0n) is 40.6. The molecule has 3 aliphatic heterocycles. The van der Waals surface area contributed by atoms with Gasteiger partial charge in [-0.2, -0.15) is 18.3 Å². The van der Waals surface area contributed by atoms with Gasteiger partial charge in [-0.25, -0.2) is 14.8 Å². The van der Waals surface area contributed by atoms with Crippen molar-refractivity contribution in [1.82, 2.24) is 34.9 Å². The lowest BCUT2D eigenvalue weighted by molar-refractivity contribution is -0.137. The van der Waals surface area contributed by atoms with Gasteiger partial charge >= 0.3 is 12.1 Å². The second kappa shape index (κ2) is 19.4. The fourth-order valence-electron chi connectivity index (χ4n) is 11.1. The molecular weight excluding hydrogens is 994 g/mol. The summed E-state index contributed by atoms with van der Waals surface area (Å²) < 4.78 is 59.1. The van der Waals surface area contributed by atoms with Crippen molar-refractivity contribution < 1.29 is 51.7 Å². The number of rotatable bonds is 12. The first-order valence-electron chi connectivity index (χ1n) is 24.4. The Morgan fingerprint density at radius 1 is 0.933 bits per heavy atom. The summed E-state index contributed by atoms with van der Waals surface area (Å²) in [6, 6.07) is 19.2. The van der Waals surface area contributed by atoms with Gasteiger partial charge in [0.15, 0.2) is 16.6 Å². The molecule has 1 aliphatic carbocycles. The highest BCUT2D eigenvalue weighted by atomic mass is 32.1. The van der Waals surface area contributed by atoms with E-state index in [1.807, 2.05) is 30.3 Å². The van der Waals surface area contributed by atoms with Gasteiger partial charge in [0, 0.05) is 49.3 Å². The van der Waals surface area contributed by atoms with Crippen LogP contribution in [-0.2, 0) is 40.6 Å². The van der Waals surface area contributed by atoms with Crippen LogP contribution in [0.4, 0.5) is 29.8 Å². The third-order valence-electron chi connectivity index (χ3n) is 14.8. The van der Waals surface area contributed by atoms with E-state index in [1.54, 1.807) is 35.0 Å². The number of benzene rings is 3. The van der Waals surface area contributed by atoms with Crippen molar-refractivity contribution in [1.29, 1.82) is 0 Å². The molecule has 75 heavy (non-hydrogen) atoms. The number of carbonyl (C=O) groups excluding carboxylic acids is 4. The van der Waals surface area contributed by atoms with E-state index in [2.05, 4.69) is 40.9 Å². The number of alkyl halides is 3. The number of methoxy groups -OCH3 is 1. The van der Waals surface area contributed by atoms with E-state index in [9.17, 15) is 42.3 Å². The summed E-state index contributed by atoms with van der Waals surface area (Å²) in [5, 5.41) is 24.2. The molecule has 3 fully saturated rings. The molecule has 7 heterocycles. The Kier molecular flexibility index (Phi) is 12.7. The first kappa shape index (κ1) is 49.2. The van der Waals surface area contributed by atoms with Crippen LogP contribution in [0.5, 0.6) is 11.5 Å². The number of aryl methyl sites for hydroxylation is 1. The van der Waals surface area contributed by atoms with Crippen LogP contribution in [0.25, 0.3) is 32.2 Å². The molecule has 386 valence electrons. The lowest BCUT2D eigenvalue weighted by atomic mass is 9.61. The molecule has 1 saturated carbocycles. The van der Waals surface area contributed by atoms with Crippen LogP contribution in [0.15, 0.2) is 79.0 Å². The van der Waals surface area contributed by atoms with Crippen LogP contribution in [0.1, 0.15) is 87.8 Å². The number of anilines is 3. The molecular formula is C53H49F3N10O8S. The maximum absolute atomic E-state index is 14.9. The van der Waals surface area contributed by atoms with E-state index >= 15 is 0 Å². The van der Waals surface area contributed by atoms with Gasteiger partial charge in [-0.05, 0) is 123 Å². The van der Waals surface area contributed by atoms with Crippen molar-refractivity contribution in [2.24, 2.45) is 12.5 Å². The summed E-state index contributed by atoms with van der Waals surface area (Å²) in [5.74, 6) is -2.92. The summed E-state index contributed by atoms with van der Waals surface area (Å²) in [4.78, 5) is 81.2. The molecule has 2 saturated heterocycles. The number of hydrogen-bond acceptors (Lipinski definition) is 14. The maximum atomic E-state index is 14.9. The molecule has 11 rings (SSSR count). The van der Waals surface area contributed by atoms with Crippen LogP contribution in [0.3, 0.4) is 0 Å². The van der Waals surface area contributed by atoms with Gasteiger partial charge in [0.25, 0.3) is 5.91 Å². The number of thiazole rings is 1. The first-order chi connectivity index (χ1) is 36.0. The molecule has 3 aromatic carbocycles. The van der Waals surface area contributed by atoms with E-state index in [0.29, 0.717) is 84.0 Å². The molecule has 0 radical (unpaired) electrons. The summed E-state index contributed by atoms with van der Waals surface area (Å²) in [7, 11) is 3.21. The second-order valence-electron chi connectivity index (χ2n) is 19.5. The van der Waals surface area contributed by atoms with Gasteiger partial charge in [0.05, 0.1) is 52.8 Å². The van der Waals surface area contributed by atoms with Crippen molar-refractivity contribution >= 4 is 78.7 Å². The number of fused-ring (bicyclic) bond motifs is 3. The molecule has 1 unspecified atom stereocenters. The Morgan fingerprint density at radius 2 is 1.72 bits per heavy atom. The average Bonchev–Trinajstić information content (AvgIpc) is 3.95. The number of amides is 4. The van der Waals surface area contributed by atoms with Crippen molar-refractivity contribution in [3.05, 3.63) is 113 Å². The van der Waals surface area contributed by atoms with Crippen LogP contribution < -0.4 is 30.3 Å². The van der Waals surface area contributed by atoms with E-state index in [1.165, 1.54) is 42.7 Å². The van der Waals surface area contributed by atoms with Crippen LogP contribution in [0.2, 0.25) is 0 Å². The minimum atomic E-state index is -4.87. The molecule has 4 N–H and O–H groups in total. The smallest absolute Gasteiger partial charge is 0.417 e. The molecule has 1 atom stereocenters. The number of nitrogens with one attached hydrogen (secondary N) is 3. The Hall–Kier alpha value is -7.98. The van der Waals surface area contributed by atoms with Gasteiger partial charge < -0.3 is 24.8 Å². The molecule has 22 heteroatoms. The lowest BCUT2D eigenvalue weighted by Gasteiger charge is -2.51. The number of carboxylic acid groups (broad SMARTS) is 1. The third kappa shape index (κ3) is 9.58. The van der Waals surface area contributed by atoms with Gasteiger partial charge in [-0.1, -0.05) is 29.5 Å². The Balaban J connectivity index is 0.718. The molecule has 4 aromatic heterocycles. The average molecular weight is 1040 g/mol. The number of hydrogen-bond donors (Lipinski definition) is 4. The second-order valence-corrected chi connectivity index (χ2v) is 20.5. The molecule has 4 aliphatic rings. The number of pyridine rings is 2. The van der Waals surface area contributed by atoms with Crippen LogP contribution in [-0.4, -0.2) is 104 Å². The first-order valence-corrected chi connectivity index (χ1v) is 25.3. The van der Waals surface area contributed by atoms with Gasteiger partial charge in [-0.15, -0.1) is 0 Å². The van der Waals surface area contributed by atoms with E-state index in [4.69, 9.17) is 9.47 Å². The zero-order valence-corrected chi connectivity index (χ0v) is 41.4. The quantitative estimate of drug-likeness (QED) is 0.0853. The number of nitrogens with zero attached hydrogens (tertiary/aromatic N) is 7. The SMILES string of the molecule is COc1c(NC(=O)CN2CCC3(CC2)CC(Oc2ccc(-c4ccc(N5CCc6ccnc(C(=O)Nc7nc8ccccc8s7)c6C5)nc4C(=O)O)c(C(F)(F)F)c2)C3)ccc2c(C3CCC(=O)NC3=O)nn(C)c12. The number of carboxylic acids is 1. The number of carbonyl (C=O) groups is 5. The monoisotopic (exact) mass is 1040 g/mol. The Bertz CT molecular complexity index is 3440. The normalized spacial score (nSPS) is 17.9. The van der Waals surface area contributed by atoms with Crippen molar-refractivity contribution in [2.75, 3.05) is 48.8 Å². The highest BCUT2D eigenvalue weighted by Crippen LogP contribution is 2.51. The summed E-state index contributed by atoms with van der Waals surface area (Å²) >= 11 is 1.33. The largest absolute Gasteiger partial charge is 0.492 e. The molecule has 7 aromatic rings. The van der Waals surface area contributed by atoms with Crippen LogP contribution >= 0.6 is 11.3 Å². The van der Waals surface area contributed by atoms with Crippen LogP contribution in [0, 0.1) is 5.41 Å². The topological polar surface area (TPSA) is 223 Å². The number of ether oxygens (including phenoxy) is 2. The van der Waals surface area contributed by atoms with Gasteiger partial charge in [0.2, 0.25) is 17.7 Å². The van der Waals surface area contributed by atoms with Gasteiger partial charge in [-0.3, -0.25) is 44.4 Å². The van der Waals surface area contributed by atoms with Crippen molar-refractivity contribution in [3.63, 3.8) is 0 Å². The van der Waals surface area contributed by atoms with Gasteiger partial charge in [0.1, 0.15) is 22.8 Å². The van der Waals surface area contributed by atoms with E-state index < -0.39 is 41.1 Å². The fourth-order valence-corrected chi connectivity index (χ4v) is 11.9. The Morgan fingerprint density at radius 3 is 2.47 bits per heavy atom. The summed E-state index contributed by atoms with van der Waals surface area (Å²) in [5.41, 5.74) is 1.71. The van der Waals surface area contributed by atoms with Crippen molar-refractivity contribution in [3.8, 4) is 22.6 Å². The predicted molar refractivity (Wildman–Crippen MR) is 271 cm³/mol. The standard InChI is InChI=1S/C53H49F3N10O8S/c1-64-46-33(43(63-64)34-11-14-41(67)61-48(34)69)9-12-38(47(46)73-2)58-42(68)27-65-21-17-52(18-22-65)24-30(25-52)74-29-7-8-31(36(23-29)53(54,55)56)32-10-13-40(60-45(32)50(71)72)66-20-16-28-15-19-57-44(35(28)26-66)49(70)62-51-59-37-5-3-4-6-39(37)75-51/h3-10,12-13,15,19,23,30,34H,11,14,16-18,20-22,24-27H2,1-2H3,(H,58,68)(H,71,72)(H,59,62,70)(H,61,67,69). The number of aromatic nitrogens is 5. The van der Waals surface area contributed by atoms with E-state index in [0.717, 1.165) is 34.7 Å². The molecule has 18 nitrogen and oxygen atoms in total. The number of para-hydroxylation sites is 1. The minimum Gasteiger partial charge on any atom is -0.492 e. The summed E-state index contributed by atoms with van der Waals surface area (Å²) in [6.45, 7) is 1.93. The third-order valence-corrected chi connectivity index (χ3v) is 15.8. The molecule has 1 spiro atoms. The number of halogens is 3. The highest BCUT2D eigenvalue weighted by Gasteiger charge is 2.47. The number of imide groups is 1.